The number of hydrogen-bond donors (Lipinski definition) is 2. The number of aromatic amines is 1. The van der Waals surface area contributed by atoms with Gasteiger partial charge in [-0.1, -0.05) is 11.3 Å². The van der Waals surface area contributed by atoms with Crippen LogP contribution < -0.4 is 10.2 Å². The summed E-state index contributed by atoms with van der Waals surface area (Å²) in [5.74, 6) is 0. The van der Waals surface area contributed by atoms with Crippen molar-refractivity contribution >= 4 is 22.7 Å². The van der Waals surface area contributed by atoms with Crippen LogP contribution >= 0.6 is 22.7 Å². The minimum Gasteiger partial charge on any atom is -0.315 e. The highest BCUT2D eigenvalue weighted by atomic mass is 32.1. The minimum absolute atomic E-state index is 0.0133. The molecule has 0 aliphatic rings. The molecule has 2 heterocycles. The SMILES string of the molecule is Cc1cc(CNCc2csc(=O)[nH]2)c(C)s1. The first kappa shape index (κ1) is 11.6. The Labute approximate surface area is 102 Å². The lowest BCUT2D eigenvalue weighted by Gasteiger charge is -2.02. The average molecular weight is 254 g/mol. The number of H-pyrrole nitrogens is 1. The van der Waals surface area contributed by atoms with E-state index in [1.54, 1.807) is 0 Å². The molecule has 2 N–H and O–H groups in total. The third-order valence-corrected chi connectivity index (χ3v) is 4.07. The number of thiazole rings is 1. The van der Waals surface area contributed by atoms with E-state index in [0.717, 1.165) is 12.2 Å². The Morgan fingerprint density at radius 3 is 2.75 bits per heavy atom. The van der Waals surface area contributed by atoms with E-state index in [4.69, 9.17) is 0 Å². The molecule has 3 nitrogen and oxygen atoms in total. The third kappa shape index (κ3) is 2.81. The average Bonchev–Trinajstić information content (AvgIpc) is 2.74. The van der Waals surface area contributed by atoms with Crippen LogP contribution in [-0.4, -0.2) is 4.98 Å². The van der Waals surface area contributed by atoms with E-state index >= 15 is 0 Å². The Kier molecular flexibility index (Phi) is 3.58. The van der Waals surface area contributed by atoms with Gasteiger partial charge < -0.3 is 10.3 Å². The smallest absolute Gasteiger partial charge is 0.304 e. The molecule has 2 aromatic heterocycles. The van der Waals surface area contributed by atoms with Crippen molar-refractivity contribution in [2.45, 2.75) is 26.9 Å². The van der Waals surface area contributed by atoms with Crippen molar-refractivity contribution in [3.8, 4) is 0 Å². The first-order valence-electron chi connectivity index (χ1n) is 5.08. The predicted octanol–water partition coefficient (Wildman–Crippen LogP) is 2.40. The molecule has 0 aromatic carbocycles. The van der Waals surface area contributed by atoms with Gasteiger partial charge in [-0.25, -0.2) is 0 Å². The summed E-state index contributed by atoms with van der Waals surface area (Å²) >= 11 is 3.03. The molecule has 0 bridgehead atoms. The van der Waals surface area contributed by atoms with Crippen LogP contribution in [0.3, 0.4) is 0 Å². The monoisotopic (exact) mass is 254 g/mol. The maximum absolute atomic E-state index is 10.9. The topological polar surface area (TPSA) is 44.9 Å². The molecule has 0 unspecified atom stereocenters. The summed E-state index contributed by atoms with van der Waals surface area (Å²) in [5, 5.41) is 5.19. The Balaban J connectivity index is 1.89. The molecule has 0 atom stereocenters. The molecule has 0 saturated heterocycles. The van der Waals surface area contributed by atoms with E-state index in [1.165, 1.54) is 26.7 Å². The van der Waals surface area contributed by atoms with E-state index < -0.39 is 0 Å². The molecule has 0 fully saturated rings. The van der Waals surface area contributed by atoms with E-state index in [0.29, 0.717) is 6.54 Å². The Bertz CT molecular complexity index is 524. The zero-order chi connectivity index (χ0) is 11.5. The molecule has 0 aliphatic carbocycles. The lowest BCUT2D eigenvalue weighted by atomic mass is 10.2. The molecule has 5 heteroatoms. The van der Waals surface area contributed by atoms with Gasteiger partial charge in [-0.05, 0) is 25.5 Å². The minimum atomic E-state index is 0.0133. The second-order valence-corrected chi connectivity index (χ2v) is 6.02. The number of aryl methyl sites for hydroxylation is 2. The molecule has 16 heavy (non-hydrogen) atoms. The van der Waals surface area contributed by atoms with E-state index in [2.05, 4.69) is 30.2 Å². The summed E-state index contributed by atoms with van der Waals surface area (Å²) in [5.41, 5.74) is 2.31. The molecule has 2 aromatic rings. The number of aromatic nitrogens is 1. The van der Waals surface area contributed by atoms with E-state index in [9.17, 15) is 4.79 Å². The van der Waals surface area contributed by atoms with Gasteiger partial charge in [-0.2, -0.15) is 0 Å². The Morgan fingerprint density at radius 2 is 2.19 bits per heavy atom. The van der Waals surface area contributed by atoms with Gasteiger partial charge in [0.05, 0.1) is 0 Å². The molecule has 2 rings (SSSR count). The van der Waals surface area contributed by atoms with Gasteiger partial charge in [0.2, 0.25) is 0 Å². The van der Waals surface area contributed by atoms with E-state index in [-0.39, 0.29) is 4.87 Å². The molecule has 0 saturated carbocycles. The lowest BCUT2D eigenvalue weighted by Crippen LogP contribution is -2.13. The predicted molar refractivity (Wildman–Crippen MR) is 69.3 cm³/mol. The highest BCUT2D eigenvalue weighted by Gasteiger charge is 2.02. The summed E-state index contributed by atoms with van der Waals surface area (Å²) in [4.78, 5) is 16.4. The van der Waals surface area contributed by atoms with Crippen LogP contribution in [0, 0.1) is 13.8 Å². The second kappa shape index (κ2) is 4.95. The van der Waals surface area contributed by atoms with Crippen LogP contribution in [-0.2, 0) is 13.1 Å². The van der Waals surface area contributed by atoms with Crippen LogP contribution in [0.1, 0.15) is 21.0 Å². The van der Waals surface area contributed by atoms with Crippen molar-refractivity contribution in [2.24, 2.45) is 0 Å². The van der Waals surface area contributed by atoms with Crippen LogP contribution in [0.4, 0.5) is 0 Å². The van der Waals surface area contributed by atoms with Crippen molar-refractivity contribution in [1.29, 1.82) is 0 Å². The fraction of sp³-hybridized carbons (Fsp3) is 0.364. The van der Waals surface area contributed by atoms with Gasteiger partial charge in [0.1, 0.15) is 0 Å². The van der Waals surface area contributed by atoms with Crippen LogP contribution in [0.25, 0.3) is 0 Å². The maximum Gasteiger partial charge on any atom is 0.304 e. The largest absolute Gasteiger partial charge is 0.315 e. The van der Waals surface area contributed by atoms with Gasteiger partial charge in [0.15, 0.2) is 0 Å². The van der Waals surface area contributed by atoms with Crippen molar-refractivity contribution in [3.05, 3.63) is 42.1 Å². The fourth-order valence-corrected chi connectivity index (χ4v) is 3.12. The number of nitrogens with one attached hydrogen (secondary N) is 2. The number of rotatable bonds is 4. The van der Waals surface area contributed by atoms with Crippen LogP contribution in [0.2, 0.25) is 0 Å². The second-order valence-electron chi connectivity index (χ2n) is 3.72. The normalized spacial score (nSPS) is 10.9. The highest BCUT2D eigenvalue weighted by Crippen LogP contribution is 2.20. The van der Waals surface area contributed by atoms with Crippen LogP contribution in [0.15, 0.2) is 16.2 Å². The quantitative estimate of drug-likeness (QED) is 0.880. The van der Waals surface area contributed by atoms with Crippen LogP contribution in [0.5, 0.6) is 0 Å². The zero-order valence-electron chi connectivity index (χ0n) is 9.29. The fourth-order valence-electron chi connectivity index (χ4n) is 1.59. The molecule has 0 amide bonds. The van der Waals surface area contributed by atoms with Gasteiger partial charge in [-0.15, -0.1) is 11.3 Å². The molecule has 86 valence electrons. The number of thiophene rings is 1. The molecular weight excluding hydrogens is 240 g/mol. The standard InChI is InChI=1S/C11H14N2OS2/c1-7-3-9(8(2)16-7)4-12-5-10-6-15-11(14)13-10/h3,6,12H,4-5H2,1-2H3,(H,13,14). The first-order chi connectivity index (χ1) is 7.65. The summed E-state index contributed by atoms with van der Waals surface area (Å²) in [6.45, 7) is 5.83. The number of hydrogen-bond acceptors (Lipinski definition) is 4. The van der Waals surface area contributed by atoms with Crippen molar-refractivity contribution < 1.29 is 0 Å². The van der Waals surface area contributed by atoms with Crippen molar-refractivity contribution in [3.63, 3.8) is 0 Å². The Morgan fingerprint density at radius 1 is 1.38 bits per heavy atom. The van der Waals surface area contributed by atoms with Gasteiger partial charge in [0.25, 0.3) is 0 Å². The van der Waals surface area contributed by atoms with Crippen molar-refractivity contribution in [1.82, 2.24) is 10.3 Å². The first-order valence-corrected chi connectivity index (χ1v) is 6.78. The molecular formula is C11H14N2OS2. The molecule has 0 radical (unpaired) electrons. The summed E-state index contributed by atoms with van der Waals surface area (Å²) < 4.78 is 0. The highest BCUT2D eigenvalue weighted by molar-refractivity contribution is 7.12. The molecule has 0 aliphatic heterocycles. The summed E-state index contributed by atoms with van der Waals surface area (Å²) in [6, 6.07) is 2.21. The lowest BCUT2D eigenvalue weighted by molar-refractivity contribution is 0.681. The van der Waals surface area contributed by atoms with Gasteiger partial charge in [-0.3, -0.25) is 4.79 Å². The zero-order valence-corrected chi connectivity index (χ0v) is 10.9. The Hall–Kier alpha value is -0.910. The van der Waals surface area contributed by atoms with Gasteiger partial charge >= 0.3 is 4.87 Å². The van der Waals surface area contributed by atoms with Crippen molar-refractivity contribution in [2.75, 3.05) is 0 Å². The van der Waals surface area contributed by atoms with Gasteiger partial charge in [0, 0.05) is 33.9 Å². The summed E-state index contributed by atoms with van der Waals surface area (Å²) in [7, 11) is 0. The van der Waals surface area contributed by atoms with E-state index in [1.807, 2.05) is 16.7 Å². The third-order valence-electron chi connectivity index (χ3n) is 2.35. The maximum atomic E-state index is 10.9. The molecule has 0 spiro atoms. The summed E-state index contributed by atoms with van der Waals surface area (Å²) in [6.07, 6.45) is 0.